The largest absolute Gasteiger partial charge is 0.481 e. The van der Waals surface area contributed by atoms with Crippen molar-refractivity contribution in [1.29, 1.82) is 0 Å². The zero-order chi connectivity index (χ0) is 11.0. The summed E-state index contributed by atoms with van der Waals surface area (Å²) in [6, 6.07) is 0. The highest BCUT2D eigenvalue weighted by Gasteiger charge is 2.14. The van der Waals surface area contributed by atoms with Crippen molar-refractivity contribution in [2.75, 3.05) is 19.7 Å². The number of aliphatic carboxylic acids is 1. The average Bonchev–Trinajstić information content (AvgIpc) is 2.10. The van der Waals surface area contributed by atoms with E-state index in [0.29, 0.717) is 6.42 Å². The van der Waals surface area contributed by atoms with Gasteiger partial charge in [-0.25, -0.2) is 0 Å². The van der Waals surface area contributed by atoms with E-state index in [4.69, 9.17) is 10.2 Å². The molecule has 0 aromatic carbocycles. The lowest BCUT2D eigenvalue weighted by molar-refractivity contribution is -0.137. The number of carboxylic acid groups (broad SMARTS) is 1. The van der Waals surface area contributed by atoms with E-state index in [1.165, 1.54) is 0 Å². The molecular formula is C10H21NO3. The molecule has 0 amide bonds. The quantitative estimate of drug-likeness (QED) is 0.511. The van der Waals surface area contributed by atoms with Crippen molar-refractivity contribution < 1.29 is 15.0 Å². The smallest absolute Gasteiger partial charge is 0.303 e. The third-order valence-electron chi connectivity index (χ3n) is 2.03. The van der Waals surface area contributed by atoms with Crippen molar-refractivity contribution in [3.63, 3.8) is 0 Å². The molecule has 0 saturated heterocycles. The molecule has 0 atom stereocenters. The maximum absolute atomic E-state index is 10.2. The van der Waals surface area contributed by atoms with Gasteiger partial charge >= 0.3 is 5.97 Å². The SMILES string of the molecule is CC(C)(CO)CNCCCCC(=O)O. The molecule has 0 bridgehead atoms. The molecule has 0 aliphatic carbocycles. The highest BCUT2D eigenvalue weighted by atomic mass is 16.4. The molecule has 0 fully saturated rings. The van der Waals surface area contributed by atoms with Crippen molar-refractivity contribution >= 4 is 5.97 Å². The first-order valence-electron chi connectivity index (χ1n) is 5.01. The molecule has 0 saturated carbocycles. The second kappa shape index (κ2) is 6.79. The van der Waals surface area contributed by atoms with Gasteiger partial charge in [-0.05, 0) is 19.4 Å². The van der Waals surface area contributed by atoms with Gasteiger partial charge in [0.05, 0.1) is 0 Å². The molecule has 84 valence electrons. The van der Waals surface area contributed by atoms with Gasteiger partial charge in [0.25, 0.3) is 0 Å². The number of carbonyl (C=O) groups is 1. The van der Waals surface area contributed by atoms with E-state index in [9.17, 15) is 4.79 Å². The Balaban J connectivity index is 3.25. The number of aliphatic hydroxyl groups excluding tert-OH is 1. The van der Waals surface area contributed by atoms with Crippen LogP contribution in [-0.4, -0.2) is 35.9 Å². The van der Waals surface area contributed by atoms with Crippen LogP contribution in [0.4, 0.5) is 0 Å². The molecule has 0 aromatic heterocycles. The van der Waals surface area contributed by atoms with E-state index in [0.717, 1.165) is 19.5 Å². The normalized spacial score (nSPS) is 11.6. The maximum Gasteiger partial charge on any atom is 0.303 e. The molecule has 4 heteroatoms. The molecule has 0 heterocycles. The highest BCUT2D eigenvalue weighted by molar-refractivity contribution is 5.66. The van der Waals surface area contributed by atoms with E-state index in [1.54, 1.807) is 0 Å². The molecule has 0 unspecified atom stereocenters. The Morgan fingerprint density at radius 3 is 2.50 bits per heavy atom. The summed E-state index contributed by atoms with van der Waals surface area (Å²) < 4.78 is 0. The summed E-state index contributed by atoms with van der Waals surface area (Å²) in [7, 11) is 0. The van der Waals surface area contributed by atoms with Gasteiger partial charge in [-0.3, -0.25) is 4.79 Å². The molecule has 4 nitrogen and oxygen atoms in total. The Morgan fingerprint density at radius 1 is 1.36 bits per heavy atom. The third kappa shape index (κ3) is 8.01. The molecular weight excluding hydrogens is 182 g/mol. The Morgan fingerprint density at radius 2 is 2.00 bits per heavy atom. The zero-order valence-corrected chi connectivity index (χ0v) is 9.05. The van der Waals surface area contributed by atoms with Gasteiger partial charge in [0.15, 0.2) is 0 Å². The minimum Gasteiger partial charge on any atom is -0.481 e. The number of carboxylic acids is 1. The van der Waals surface area contributed by atoms with Crippen molar-refractivity contribution in [2.45, 2.75) is 33.1 Å². The summed E-state index contributed by atoms with van der Waals surface area (Å²) >= 11 is 0. The van der Waals surface area contributed by atoms with Crippen LogP contribution in [0, 0.1) is 5.41 Å². The van der Waals surface area contributed by atoms with Crippen molar-refractivity contribution in [3.05, 3.63) is 0 Å². The van der Waals surface area contributed by atoms with Crippen molar-refractivity contribution in [2.24, 2.45) is 5.41 Å². The first-order chi connectivity index (χ1) is 6.48. The van der Waals surface area contributed by atoms with Crippen LogP contribution in [0.1, 0.15) is 33.1 Å². The van der Waals surface area contributed by atoms with E-state index in [1.807, 2.05) is 13.8 Å². The minimum atomic E-state index is -0.735. The number of rotatable bonds is 8. The van der Waals surface area contributed by atoms with Gasteiger partial charge in [0.1, 0.15) is 0 Å². The van der Waals surface area contributed by atoms with Crippen LogP contribution in [0.5, 0.6) is 0 Å². The Kier molecular flexibility index (Phi) is 6.49. The molecule has 0 spiro atoms. The second-order valence-electron chi connectivity index (χ2n) is 4.35. The van der Waals surface area contributed by atoms with E-state index in [2.05, 4.69) is 5.32 Å². The lowest BCUT2D eigenvalue weighted by atomic mass is 9.95. The van der Waals surface area contributed by atoms with Crippen LogP contribution in [-0.2, 0) is 4.79 Å². The summed E-state index contributed by atoms with van der Waals surface area (Å²) in [5.41, 5.74) is -0.0905. The first-order valence-corrected chi connectivity index (χ1v) is 5.01. The molecule has 14 heavy (non-hydrogen) atoms. The molecule has 3 N–H and O–H groups in total. The standard InChI is InChI=1S/C10H21NO3/c1-10(2,8-12)7-11-6-4-3-5-9(13)14/h11-12H,3-8H2,1-2H3,(H,13,14). The van der Waals surface area contributed by atoms with Gasteiger partial charge in [-0.2, -0.15) is 0 Å². The Hall–Kier alpha value is -0.610. The maximum atomic E-state index is 10.2. The number of aliphatic hydroxyl groups is 1. The fourth-order valence-electron chi connectivity index (χ4n) is 1.01. The fraction of sp³-hybridized carbons (Fsp3) is 0.900. The van der Waals surface area contributed by atoms with Gasteiger partial charge in [0.2, 0.25) is 0 Å². The van der Waals surface area contributed by atoms with Crippen LogP contribution < -0.4 is 5.32 Å². The van der Waals surface area contributed by atoms with Crippen LogP contribution in [0.3, 0.4) is 0 Å². The summed E-state index contributed by atoms with van der Waals surface area (Å²) in [6.45, 7) is 5.71. The third-order valence-corrected chi connectivity index (χ3v) is 2.03. The first kappa shape index (κ1) is 13.4. The topological polar surface area (TPSA) is 69.6 Å². The Labute approximate surface area is 85.3 Å². The van der Waals surface area contributed by atoms with E-state index in [-0.39, 0.29) is 18.4 Å². The molecule has 0 aliphatic rings. The lowest BCUT2D eigenvalue weighted by Gasteiger charge is -2.21. The van der Waals surface area contributed by atoms with Gasteiger partial charge < -0.3 is 15.5 Å². The van der Waals surface area contributed by atoms with Gasteiger partial charge in [-0.15, -0.1) is 0 Å². The van der Waals surface area contributed by atoms with Crippen LogP contribution in [0.15, 0.2) is 0 Å². The lowest BCUT2D eigenvalue weighted by Crippen LogP contribution is -2.32. The predicted molar refractivity (Wildman–Crippen MR) is 55.2 cm³/mol. The van der Waals surface area contributed by atoms with Crippen molar-refractivity contribution in [1.82, 2.24) is 5.32 Å². The molecule has 0 aliphatic heterocycles. The molecule has 0 aromatic rings. The molecule has 0 rings (SSSR count). The van der Waals surface area contributed by atoms with Crippen LogP contribution in [0.2, 0.25) is 0 Å². The van der Waals surface area contributed by atoms with E-state index < -0.39 is 5.97 Å². The van der Waals surface area contributed by atoms with Crippen LogP contribution >= 0.6 is 0 Å². The Bertz CT molecular complexity index is 169. The molecule has 0 radical (unpaired) electrons. The predicted octanol–water partition coefficient (Wildman–Crippen LogP) is 0.849. The highest BCUT2D eigenvalue weighted by Crippen LogP contribution is 2.10. The van der Waals surface area contributed by atoms with Gasteiger partial charge in [-0.1, -0.05) is 13.8 Å². The average molecular weight is 203 g/mol. The summed E-state index contributed by atoms with van der Waals surface area (Å²) in [4.78, 5) is 10.2. The van der Waals surface area contributed by atoms with E-state index >= 15 is 0 Å². The summed E-state index contributed by atoms with van der Waals surface area (Å²) in [5, 5.41) is 20.5. The summed E-state index contributed by atoms with van der Waals surface area (Å²) in [6.07, 6.45) is 1.82. The number of hydrogen-bond donors (Lipinski definition) is 3. The number of hydrogen-bond acceptors (Lipinski definition) is 3. The van der Waals surface area contributed by atoms with Crippen molar-refractivity contribution in [3.8, 4) is 0 Å². The second-order valence-corrected chi connectivity index (χ2v) is 4.35. The van der Waals surface area contributed by atoms with Crippen LogP contribution in [0.25, 0.3) is 0 Å². The number of unbranched alkanes of at least 4 members (excludes halogenated alkanes) is 1. The van der Waals surface area contributed by atoms with Gasteiger partial charge in [0, 0.05) is 25.0 Å². The number of nitrogens with one attached hydrogen (secondary N) is 1. The fourth-order valence-corrected chi connectivity index (χ4v) is 1.01. The summed E-state index contributed by atoms with van der Waals surface area (Å²) in [5.74, 6) is -0.735. The zero-order valence-electron chi connectivity index (χ0n) is 9.05. The minimum absolute atomic E-state index is 0.0905. The monoisotopic (exact) mass is 203 g/mol.